The molecule has 32 heavy (non-hydrogen) atoms. The third-order valence-electron chi connectivity index (χ3n) is 6.18. The van der Waals surface area contributed by atoms with Gasteiger partial charge >= 0.3 is 0 Å². The van der Waals surface area contributed by atoms with Crippen molar-refractivity contribution in [2.75, 3.05) is 38.0 Å². The number of hydrogen-bond donors (Lipinski definition) is 2. The summed E-state index contributed by atoms with van der Waals surface area (Å²) in [5, 5.41) is 7.72. The number of likely N-dealkylation sites (N-methyl/N-ethyl adjacent to an activating group) is 1. The van der Waals surface area contributed by atoms with Gasteiger partial charge < -0.3 is 15.5 Å². The molecule has 0 amide bonds. The summed E-state index contributed by atoms with van der Waals surface area (Å²) in [6, 6.07) is 5.33. The molecule has 2 N–H and O–H groups in total. The van der Waals surface area contributed by atoms with Crippen LogP contribution in [0, 0.1) is 4.91 Å². The monoisotopic (exact) mass is 472 g/mol. The number of rotatable bonds is 6. The number of nitrogens with zero attached hydrogens (tertiary/aromatic N) is 3. The molecule has 2 aliphatic heterocycles. The van der Waals surface area contributed by atoms with Crippen LogP contribution >= 0.6 is 23.2 Å². The van der Waals surface area contributed by atoms with Crippen molar-refractivity contribution < 1.29 is 4.76 Å². The molecule has 2 heterocycles. The number of anilines is 1. The number of allylic oxidation sites excluding steroid dienone is 2. The van der Waals surface area contributed by atoms with Crippen molar-refractivity contribution in [3.05, 3.63) is 79.9 Å². The minimum absolute atomic E-state index is 0.275. The molecule has 0 fully saturated rings. The highest BCUT2D eigenvalue weighted by Crippen LogP contribution is 2.43. The standard InChI is InChI=1S/C24H28Cl2N5O/c1-4-30(5-2)13-7-8-17-14-31(32)15-24-20(12-11-16(3)21(17)24)27-23(29-24)28-22-18(25)9-6-10-19(22)26/h6-12H,4-5,13-15H2,1-3H3,(H2,27,28,29)/q+1/b8-7+. The van der Waals surface area contributed by atoms with Crippen LogP contribution in [0.25, 0.3) is 0 Å². The largest absolute Gasteiger partial charge is 0.335 e. The highest BCUT2D eigenvalue weighted by molar-refractivity contribution is 6.39. The molecular weight excluding hydrogens is 445 g/mol. The van der Waals surface area contributed by atoms with Crippen molar-refractivity contribution in [1.82, 2.24) is 10.2 Å². The molecule has 6 nitrogen and oxygen atoms in total. The van der Waals surface area contributed by atoms with Crippen LogP contribution in [0.3, 0.4) is 0 Å². The summed E-state index contributed by atoms with van der Waals surface area (Å²) in [7, 11) is 0. The highest BCUT2D eigenvalue weighted by atomic mass is 35.5. The predicted octanol–water partition coefficient (Wildman–Crippen LogP) is 4.93. The maximum Gasteiger partial charge on any atom is 0.225 e. The van der Waals surface area contributed by atoms with Gasteiger partial charge in [-0.2, -0.15) is 0 Å². The summed E-state index contributed by atoms with van der Waals surface area (Å²) in [4.78, 5) is 19.9. The molecule has 0 saturated carbocycles. The summed E-state index contributed by atoms with van der Waals surface area (Å²) in [5.74, 6) is 0.522. The van der Waals surface area contributed by atoms with Gasteiger partial charge in [-0.05, 0) is 43.8 Å². The molecule has 168 valence electrons. The maximum atomic E-state index is 12.8. The number of nitroso groups, excluding NO2 is 1. The number of nitrogens with one attached hydrogen (secondary N) is 2. The third kappa shape index (κ3) is 4.15. The van der Waals surface area contributed by atoms with Crippen molar-refractivity contribution in [2.45, 2.75) is 26.3 Å². The van der Waals surface area contributed by atoms with Crippen LogP contribution in [0.2, 0.25) is 10.0 Å². The predicted molar refractivity (Wildman–Crippen MR) is 133 cm³/mol. The molecule has 0 radical (unpaired) electrons. The quantitative estimate of drug-likeness (QED) is 0.575. The fourth-order valence-electron chi connectivity index (χ4n) is 4.58. The van der Waals surface area contributed by atoms with Crippen LogP contribution in [0.15, 0.2) is 69.9 Å². The lowest BCUT2D eigenvalue weighted by atomic mass is 9.74. The summed E-state index contributed by atoms with van der Waals surface area (Å²) in [5.41, 5.74) is 3.94. The fourth-order valence-corrected chi connectivity index (χ4v) is 5.07. The van der Waals surface area contributed by atoms with Crippen molar-refractivity contribution in [2.24, 2.45) is 4.99 Å². The Bertz CT molecular complexity index is 1080. The van der Waals surface area contributed by atoms with E-state index in [1.807, 2.05) is 6.08 Å². The first-order valence-electron chi connectivity index (χ1n) is 10.9. The Hall–Kier alpha value is -2.41. The minimum Gasteiger partial charge on any atom is -0.335 e. The van der Waals surface area contributed by atoms with E-state index in [9.17, 15) is 4.91 Å². The normalized spacial score (nSPS) is 22.4. The molecule has 1 spiro atoms. The number of guanidine groups is 1. The lowest BCUT2D eigenvalue weighted by molar-refractivity contribution is -0.549. The van der Waals surface area contributed by atoms with E-state index in [0.29, 0.717) is 28.2 Å². The molecule has 1 unspecified atom stereocenters. The van der Waals surface area contributed by atoms with Crippen molar-refractivity contribution in [3.8, 4) is 0 Å². The van der Waals surface area contributed by atoms with Gasteiger partial charge in [0, 0.05) is 27.4 Å². The Morgan fingerprint density at radius 2 is 1.97 bits per heavy atom. The lowest BCUT2D eigenvalue weighted by Gasteiger charge is -2.36. The summed E-state index contributed by atoms with van der Waals surface area (Å²) < 4.78 is 1.10. The number of halogens is 2. The van der Waals surface area contributed by atoms with Gasteiger partial charge in [-0.3, -0.25) is 0 Å². The van der Waals surface area contributed by atoms with Crippen molar-refractivity contribution in [3.63, 3.8) is 0 Å². The maximum absolute atomic E-state index is 12.8. The summed E-state index contributed by atoms with van der Waals surface area (Å²) in [6.45, 7) is 9.85. The van der Waals surface area contributed by atoms with E-state index >= 15 is 0 Å². The third-order valence-corrected chi connectivity index (χ3v) is 6.81. The molecule has 1 aromatic rings. The van der Waals surface area contributed by atoms with Crippen LogP contribution in [-0.4, -0.2) is 53.9 Å². The Balaban J connectivity index is 1.69. The molecule has 1 aromatic carbocycles. The van der Waals surface area contributed by atoms with Crippen LogP contribution in [0.4, 0.5) is 5.69 Å². The van der Waals surface area contributed by atoms with E-state index in [0.717, 1.165) is 46.8 Å². The number of aliphatic imine (C=N–C) groups is 1. The highest BCUT2D eigenvalue weighted by Gasteiger charge is 2.54. The van der Waals surface area contributed by atoms with Crippen LogP contribution in [0.5, 0.6) is 0 Å². The molecule has 0 bridgehead atoms. The smallest absolute Gasteiger partial charge is 0.225 e. The Kier molecular flexibility index (Phi) is 6.56. The van der Waals surface area contributed by atoms with Crippen molar-refractivity contribution in [1.29, 1.82) is 0 Å². The molecule has 8 heteroatoms. The van der Waals surface area contributed by atoms with Gasteiger partial charge in [-0.25, -0.2) is 4.99 Å². The summed E-state index contributed by atoms with van der Waals surface area (Å²) >= 11 is 12.7. The van der Waals surface area contributed by atoms with E-state index in [2.05, 4.69) is 54.5 Å². The molecular formula is C24H28Cl2N5O+. The van der Waals surface area contributed by atoms with E-state index in [-0.39, 0.29) is 6.54 Å². The first-order valence-corrected chi connectivity index (χ1v) is 11.7. The molecule has 3 aliphatic rings. The fraction of sp³-hybridized carbons (Fsp3) is 0.375. The average Bonchev–Trinajstić information content (AvgIpc) is 3.10. The second-order valence-electron chi connectivity index (χ2n) is 8.20. The van der Waals surface area contributed by atoms with Crippen LogP contribution < -0.4 is 10.6 Å². The van der Waals surface area contributed by atoms with E-state index in [4.69, 9.17) is 28.2 Å². The second-order valence-corrected chi connectivity index (χ2v) is 9.01. The SMILES string of the molecule is CCN(CC)C/C=C/C1=C2C(C)=CC=C3N=C(Nc4c(Cl)cccc4Cl)NC32C[N+](=O)C1. The number of para-hydroxylation sites is 1. The van der Waals surface area contributed by atoms with Crippen LogP contribution in [-0.2, 0) is 0 Å². The molecule has 0 saturated heterocycles. The first-order chi connectivity index (χ1) is 15.4. The van der Waals surface area contributed by atoms with E-state index < -0.39 is 5.54 Å². The van der Waals surface area contributed by atoms with Crippen LogP contribution in [0.1, 0.15) is 20.8 Å². The lowest BCUT2D eigenvalue weighted by Crippen LogP contribution is -2.57. The van der Waals surface area contributed by atoms with Crippen molar-refractivity contribution >= 4 is 34.8 Å². The van der Waals surface area contributed by atoms with E-state index in [1.54, 1.807) is 18.2 Å². The number of benzene rings is 1. The zero-order chi connectivity index (χ0) is 22.9. The zero-order valence-corrected chi connectivity index (χ0v) is 20.1. The molecule has 1 atom stereocenters. The topological polar surface area (TPSA) is 59.7 Å². The van der Waals surface area contributed by atoms with Gasteiger partial charge in [0.1, 0.15) is 0 Å². The Morgan fingerprint density at radius 3 is 2.66 bits per heavy atom. The second kappa shape index (κ2) is 9.22. The Labute approximate surface area is 198 Å². The molecule has 4 rings (SSSR count). The van der Waals surface area contributed by atoms with Gasteiger partial charge in [0.05, 0.1) is 21.4 Å². The summed E-state index contributed by atoms with van der Waals surface area (Å²) in [6.07, 6.45) is 8.28. The van der Waals surface area contributed by atoms with E-state index in [1.165, 1.54) is 0 Å². The van der Waals surface area contributed by atoms with Gasteiger partial charge in [0.2, 0.25) is 19.0 Å². The molecule has 0 aromatic heterocycles. The zero-order valence-electron chi connectivity index (χ0n) is 18.6. The minimum atomic E-state index is -0.705. The first kappa shape index (κ1) is 22.8. The molecule has 1 aliphatic carbocycles. The number of hydrogen-bond acceptors (Lipinski definition) is 5. The van der Waals surface area contributed by atoms with Gasteiger partial charge in [0.15, 0.2) is 5.54 Å². The van der Waals surface area contributed by atoms with Gasteiger partial charge in [-0.15, -0.1) is 0 Å². The Morgan fingerprint density at radius 1 is 1.25 bits per heavy atom. The van der Waals surface area contributed by atoms with Gasteiger partial charge in [0.25, 0.3) is 0 Å². The van der Waals surface area contributed by atoms with Gasteiger partial charge in [-0.1, -0.05) is 61.3 Å². The average molecular weight is 473 g/mol.